The van der Waals surface area contributed by atoms with Gasteiger partial charge in [0.2, 0.25) is 15.9 Å². The second-order valence-corrected chi connectivity index (χ2v) is 8.95. The van der Waals surface area contributed by atoms with Gasteiger partial charge in [-0.1, -0.05) is 36.2 Å². The molecule has 0 aliphatic carbocycles. The first-order valence-corrected chi connectivity index (χ1v) is 11.1. The van der Waals surface area contributed by atoms with Gasteiger partial charge in [0, 0.05) is 10.7 Å². The van der Waals surface area contributed by atoms with Crippen molar-refractivity contribution in [3.8, 4) is 5.75 Å². The molecule has 6 nitrogen and oxygen atoms in total. The molecule has 0 saturated carbocycles. The van der Waals surface area contributed by atoms with Crippen molar-refractivity contribution in [2.75, 3.05) is 23.0 Å². The van der Waals surface area contributed by atoms with Crippen molar-refractivity contribution in [2.24, 2.45) is 0 Å². The molecule has 0 aliphatic rings. The number of halogens is 2. The van der Waals surface area contributed by atoms with Crippen LogP contribution >= 0.6 is 23.2 Å². The molecule has 152 valence electrons. The third-order valence-corrected chi connectivity index (χ3v) is 5.89. The molecule has 1 unspecified atom stereocenters. The fraction of sp³-hybridized carbons (Fsp3) is 0.316. The van der Waals surface area contributed by atoms with Crippen LogP contribution in [0.5, 0.6) is 5.75 Å². The molecule has 2 aromatic carbocycles. The van der Waals surface area contributed by atoms with Crippen LogP contribution < -0.4 is 14.4 Å². The predicted molar refractivity (Wildman–Crippen MR) is 114 cm³/mol. The molecule has 2 aromatic rings. The summed E-state index contributed by atoms with van der Waals surface area (Å²) >= 11 is 12.2. The molecule has 0 bridgehead atoms. The first kappa shape index (κ1) is 22.3. The Kier molecular flexibility index (Phi) is 7.20. The van der Waals surface area contributed by atoms with Crippen LogP contribution in [0.25, 0.3) is 0 Å². The van der Waals surface area contributed by atoms with Gasteiger partial charge in [-0.2, -0.15) is 0 Å². The number of sulfonamides is 1. The number of nitrogens with zero attached hydrogens (tertiary/aromatic N) is 1. The Bertz CT molecular complexity index is 980. The molecule has 0 heterocycles. The van der Waals surface area contributed by atoms with Crippen LogP contribution in [0.2, 0.25) is 10.0 Å². The van der Waals surface area contributed by atoms with Gasteiger partial charge in [-0.05, 0) is 49.2 Å². The van der Waals surface area contributed by atoms with Gasteiger partial charge in [-0.3, -0.25) is 9.10 Å². The highest BCUT2D eigenvalue weighted by molar-refractivity contribution is 7.92. The lowest BCUT2D eigenvalue weighted by atomic mass is 10.1. The molecule has 1 atom stereocenters. The molecule has 1 amide bonds. The van der Waals surface area contributed by atoms with E-state index < -0.39 is 22.0 Å². The van der Waals surface area contributed by atoms with Crippen LogP contribution in [0.15, 0.2) is 36.4 Å². The van der Waals surface area contributed by atoms with Gasteiger partial charge in [-0.15, -0.1) is 0 Å². The standard InChI is InChI=1S/C19H22Cl2N2O4S/c1-5-17(19(24)22-16-10-13(20)7-6-12(16)2)23(28(4,25)26)14-8-9-18(27-3)15(21)11-14/h6-11,17H,5H2,1-4H3,(H,22,24). The van der Waals surface area contributed by atoms with E-state index >= 15 is 0 Å². The van der Waals surface area contributed by atoms with E-state index in [1.54, 1.807) is 37.3 Å². The smallest absolute Gasteiger partial charge is 0.248 e. The minimum atomic E-state index is -3.77. The zero-order valence-corrected chi connectivity index (χ0v) is 18.3. The van der Waals surface area contributed by atoms with Gasteiger partial charge in [0.1, 0.15) is 11.8 Å². The van der Waals surface area contributed by atoms with Gasteiger partial charge in [-0.25, -0.2) is 8.42 Å². The summed E-state index contributed by atoms with van der Waals surface area (Å²) in [4.78, 5) is 13.0. The normalized spacial score (nSPS) is 12.4. The van der Waals surface area contributed by atoms with Crippen molar-refractivity contribution in [3.63, 3.8) is 0 Å². The second-order valence-electron chi connectivity index (χ2n) is 6.25. The first-order valence-electron chi connectivity index (χ1n) is 8.48. The third kappa shape index (κ3) is 5.10. The number of aryl methyl sites for hydroxylation is 1. The Hall–Kier alpha value is -1.96. The number of amides is 1. The van der Waals surface area contributed by atoms with Gasteiger partial charge in [0.05, 0.1) is 24.1 Å². The lowest BCUT2D eigenvalue weighted by molar-refractivity contribution is -0.117. The molecule has 2 rings (SSSR count). The van der Waals surface area contributed by atoms with Crippen LogP contribution in [-0.4, -0.2) is 33.7 Å². The average molecular weight is 445 g/mol. The van der Waals surface area contributed by atoms with E-state index in [1.165, 1.54) is 13.2 Å². The summed E-state index contributed by atoms with van der Waals surface area (Å²) in [6.07, 6.45) is 1.30. The van der Waals surface area contributed by atoms with Crippen LogP contribution in [0.3, 0.4) is 0 Å². The molecule has 1 N–H and O–H groups in total. The van der Waals surface area contributed by atoms with Crippen molar-refractivity contribution >= 4 is 50.5 Å². The highest BCUT2D eigenvalue weighted by atomic mass is 35.5. The van der Waals surface area contributed by atoms with Crippen LogP contribution in [0.4, 0.5) is 11.4 Å². The number of methoxy groups -OCH3 is 1. The SMILES string of the molecule is CCC(C(=O)Nc1cc(Cl)ccc1C)N(c1ccc(OC)c(Cl)c1)S(C)(=O)=O. The van der Waals surface area contributed by atoms with Crippen molar-refractivity contribution in [1.82, 2.24) is 0 Å². The largest absolute Gasteiger partial charge is 0.495 e. The molecule has 0 aromatic heterocycles. The molecule has 9 heteroatoms. The van der Waals surface area contributed by atoms with E-state index in [4.69, 9.17) is 27.9 Å². The highest BCUT2D eigenvalue weighted by Crippen LogP contribution is 2.32. The third-order valence-electron chi connectivity index (χ3n) is 4.18. The molecule has 0 saturated heterocycles. The fourth-order valence-corrected chi connectivity index (χ4v) is 4.43. The summed E-state index contributed by atoms with van der Waals surface area (Å²) in [5.74, 6) is -0.0591. The van der Waals surface area contributed by atoms with Crippen LogP contribution in [0, 0.1) is 6.92 Å². The Morgan fingerprint density at radius 3 is 2.43 bits per heavy atom. The topological polar surface area (TPSA) is 75.7 Å². The van der Waals surface area contributed by atoms with Crippen LogP contribution in [-0.2, 0) is 14.8 Å². The summed E-state index contributed by atoms with van der Waals surface area (Å²) in [7, 11) is -2.31. The number of hydrogen-bond donors (Lipinski definition) is 1. The number of rotatable bonds is 7. The zero-order chi connectivity index (χ0) is 21.1. The minimum absolute atomic E-state index is 0.245. The Labute approximate surface area is 175 Å². The predicted octanol–water partition coefficient (Wildman–Crippen LogP) is 4.49. The van der Waals surface area contributed by atoms with E-state index in [9.17, 15) is 13.2 Å². The summed E-state index contributed by atoms with van der Waals surface area (Å²) in [5, 5.41) is 3.49. The molecule has 0 radical (unpaired) electrons. The monoisotopic (exact) mass is 444 g/mol. The first-order chi connectivity index (χ1) is 13.1. The fourth-order valence-electron chi connectivity index (χ4n) is 2.80. The van der Waals surface area contributed by atoms with Crippen molar-refractivity contribution in [1.29, 1.82) is 0 Å². The molecule has 0 aliphatic heterocycles. The van der Waals surface area contributed by atoms with Gasteiger partial charge in [0.25, 0.3) is 0 Å². The average Bonchev–Trinajstić information content (AvgIpc) is 2.61. The van der Waals surface area contributed by atoms with Crippen molar-refractivity contribution in [3.05, 3.63) is 52.0 Å². The maximum Gasteiger partial charge on any atom is 0.248 e. The zero-order valence-electron chi connectivity index (χ0n) is 16.0. The molecule has 0 fully saturated rings. The number of nitrogens with one attached hydrogen (secondary N) is 1. The number of ether oxygens (including phenoxy) is 1. The maximum atomic E-state index is 13.0. The summed E-state index contributed by atoms with van der Waals surface area (Å²) in [5.41, 5.74) is 1.61. The molecule has 28 heavy (non-hydrogen) atoms. The van der Waals surface area contributed by atoms with Gasteiger partial charge < -0.3 is 10.1 Å². The Balaban J connectivity index is 2.44. The minimum Gasteiger partial charge on any atom is -0.495 e. The van der Waals surface area contributed by atoms with E-state index in [0.29, 0.717) is 16.5 Å². The number of carbonyl (C=O) groups excluding carboxylic acids is 1. The number of carbonyl (C=O) groups is 1. The number of hydrogen-bond acceptors (Lipinski definition) is 4. The molecular weight excluding hydrogens is 423 g/mol. The lowest BCUT2D eigenvalue weighted by Crippen LogP contribution is -2.47. The quantitative estimate of drug-likeness (QED) is 0.681. The van der Waals surface area contributed by atoms with Crippen molar-refractivity contribution in [2.45, 2.75) is 26.3 Å². The Morgan fingerprint density at radius 2 is 1.89 bits per heavy atom. The van der Waals surface area contributed by atoms with Crippen LogP contribution in [0.1, 0.15) is 18.9 Å². The molecular formula is C19H22Cl2N2O4S. The van der Waals surface area contributed by atoms with E-state index in [2.05, 4.69) is 5.32 Å². The van der Waals surface area contributed by atoms with Gasteiger partial charge in [0.15, 0.2) is 0 Å². The lowest BCUT2D eigenvalue weighted by Gasteiger charge is -2.30. The Morgan fingerprint density at radius 1 is 1.21 bits per heavy atom. The van der Waals surface area contributed by atoms with E-state index in [-0.39, 0.29) is 17.1 Å². The summed E-state index contributed by atoms with van der Waals surface area (Å²) < 4.78 is 31.2. The van der Waals surface area contributed by atoms with Crippen molar-refractivity contribution < 1.29 is 17.9 Å². The summed E-state index contributed by atoms with van der Waals surface area (Å²) in [6, 6.07) is 8.70. The van der Waals surface area contributed by atoms with E-state index in [0.717, 1.165) is 16.1 Å². The van der Waals surface area contributed by atoms with E-state index in [1.807, 2.05) is 6.92 Å². The maximum absolute atomic E-state index is 13.0. The highest BCUT2D eigenvalue weighted by Gasteiger charge is 2.32. The molecule has 0 spiro atoms. The number of benzene rings is 2. The van der Waals surface area contributed by atoms with Gasteiger partial charge >= 0.3 is 0 Å². The number of anilines is 2. The second kappa shape index (κ2) is 9.03. The summed E-state index contributed by atoms with van der Waals surface area (Å²) in [6.45, 7) is 3.56.